The van der Waals surface area contributed by atoms with Crippen molar-refractivity contribution in [1.82, 2.24) is 5.32 Å². The first-order chi connectivity index (χ1) is 16.2. The number of allylic oxidation sites excluding steroid dienone is 2. The number of nitro groups is 1. The average Bonchev–Trinajstić information content (AvgIpc) is 2.78. The second kappa shape index (κ2) is 9.17. The summed E-state index contributed by atoms with van der Waals surface area (Å²) in [5, 5.41) is 24.4. The number of nitro benzene ring substituents is 1. The lowest BCUT2D eigenvalue weighted by atomic mass is 9.73. The largest absolute Gasteiger partial charge is 0.500 e. The van der Waals surface area contributed by atoms with E-state index in [-0.39, 0.29) is 42.3 Å². The van der Waals surface area contributed by atoms with E-state index in [0.29, 0.717) is 23.3 Å². The Hall–Kier alpha value is -3.88. The van der Waals surface area contributed by atoms with E-state index in [0.717, 1.165) is 11.3 Å². The molecule has 9 nitrogen and oxygen atoms in total. The Balaban J connectivity index is 1.69. The van der Waals surface area contributed by atoms with Crippen molar-refractivity contribution in [3.8, 4) is 17.2 Å². The molecule has 1 heterocycles. The molecule has 1 amide bonds. The minimum absolute atomic E-state index is 0.0262. The van der Waals surface area contributed by atoms with Gasteiger partial charge in [-0.25, -0.2) is 0 Å². The summed E-state index contributed by atoms with van der Waals surface area (Å²) in [5.74, 6) is -1.09. The summed E-state index contributed by atoms with van der Waals surface area (Å²) >= 11 is 0. The van der Waals surface area contributed by atoms with Crippen molar-refractivity contribution in [2.75, 3.05) is 7.11 Å². The highest BCUT2D eigenvalue weighted by Crippen LogP contribution is 2.46. The van der Waals surface area contributed by atoms with Crippen LogP contribution in [0.15, 0.2) is 47.7 Å². The van der Waals surface area contributed by atoms with Crippen LogP contribution in [0.25, 0.3) is 0 Å². The third-order valence-electron chi connectivity index (χ3n) is 6.16. The normalized spacial score (nSPS) is 20.1. The van der Waals surface area contributed by atoms with Crippen molar-refractivity contribution in [2.45, 2.75) is 51.0 Å². The van der Waals surface area contributed by atoms with Gasteiger partial charge in [0.1, 0.15) is 5.75 Å². The number of aromatic hydroxyl groups is 1. The summed E-state index contributed by atoms with van der Waals surface area (Å²) in [7, 11) is 1.29. The molecule has 0 saturated carbocycles. The fourth-order valence-electron chi connectivity index (χ4n) is 4.68. The number of nitrogens with one attached hydrogen (secondary N) is 1. The van der Waals surface area contributed by atoms with Crippen LogP contribution in [0.2, 0.25) is 0 Å². The maximum Gasteiger partial charge on any atom is 0.314 e. The van der Waals surface area contributed by atoms with Crippen LogP contribution in [0.1, 0.15) is 56.1 Å². The second-order valence-electron chi connectivity index (χ2n) is 8.81. The van der Waals surface area contributed by atoms with Crippen molar-refractivity contribution in [1.29, 1.82) is 0 Å². The maximum atomic E-state index is 13.3. The molecule has 0 fully saturated rings. The van der Waals surface area contributed by atoms with Crippen LogP contribution in [-0.4, -0.2) is 34.9 Å². The van der Waals surface area contributed by atoms with Crippen molar-refractivity contribution in [3.63, 3.8) is 0 Å². The van der Waals surface area contributed by atoms with Crippen molar-refractivity contribution < 1.29 is 29.1 Å². The van der Waals surface area contributed by atoms with Gasteiger partial charge in [-0.05, 0) is 55.5 Å². The zero-order chi connectivity index (χ0) is 24.6. The summed E-state index contributed by atoms with van der Waals surface area (Å²) in [6, 6.07) is 10.2. The summed E-state index contributed by atoms with van der Waals surface area (Å²) in [6.07, 6.45) is 0.748. The molecule has 0 bridgehead atoms. The van der Waals surface area contributed by atoms with Crippen LogP contribution in [-0.2, 0) is 9.59 Å². The SMILES string of the molecule is COc1cc(C2CC(=O)NC3=C2C(=O)CC(c2ccc(OC(C)C)cc2)C3)cc([N+](=O)[O-])c1O. The molecule has 9 heteroatoms. The molecule has 2 aromatic carbocycles. The first kappa shape index (κ1) is 23.3. The van der Waals surface area contributed by atoms with Crippen LogP contribution in [0, 0.1) is 10.1 Å². The van der Waals surface area contributed by atoms with E-state index in [1.165, 1.54) is 19.2 Å². The third kappa shape index (κ3) is 4.46. The number of carbonyl (C=O) groups is 2. The molecule has 2 N–H and O–H groups in total. The molecule has 0 saturated heterocycles. The lowest BCUT2D eigenvalue weighted by Gasteiger charge is -2.34. The third-order valence-corrected chi connectivity index (χ3v) is 6.16. The average molecular weight is 466 g/mol. The molecule has 2 unspecified atom stereocenters. The molecule has 2 atom stereocenters. The Morgan fingerprint density at radius 3 is 2.41 bits per heavy atom. The Morgan fingerprint density at radius 2 is 1.79 bits per heavy atom. The van der Waals surface area contributed by atoms with Gasteiger partial charge in [0.2, 0.25) is 11.7 Å². The summed E-state index contributed by atoms with van der Waals surface area (Å²) in [4.78, 5) is 36.6. The predicted octanol–water partition coefficient (Wildman–Crippen LogP) is 4.10. The van der Waals surface area contributed by atoms with E-state index < -0.39 is 22.3 Å². The number of amides is 1. The number of hydrogen-bond donors (Lipinski definition) is 2. The first-order valence-corrected chi connectivity index (χ1v) is 11.1. The summed E-state index contributed by atoms with van der Waals surface area (Å²) in [6.45, 7) is 3.89. The van der Waals surface area contributed by atoms with Gasteiger partial charge in [-0.1, -0.05) is 12.1 Å². The number of methoxy groups -OCH3 is 1. The van der Waals surface area contributed by atoms with Gasteiger partial charge < -0.3 is 19.9 Å². The lowest BCUT2D eigenvalue weighted by Crippen LogP contribution is -2.38. The Bertz CT molecular complexity index is 1180. The van der Waals surface area contributed by atoms with Gasteiger partial charge in [-0.2, -0.15) is 0 Å². The minimum Gasteiger partial charge on any atom is -0.500 e. The lowest BCUT2D eigenvalue weighted by molar-refractivity contribution is -0.386. The van der Waals surface area contributed by atoms with Gasteiger partial charge in [0.25, 0.3) is 0 Å². The number of Topliss-reactive ketones (excluding diaryl/α,β-unsaturated/α-hetero) is 1. The number of hydrogen-bond acceptors (Lipinski definition) is 7. The summed E-state index contributed by atoms with van der Waals surface area (Å²) < 4.78 is 10.8. The second-order valence-corrected chi connectivity index (χ2v) is 8.81. The Labute approximate surface area is 196 Å². The van der Waals surface area contributed by atoms with Gasteiger partial charge in [0, 0.05) is 36.1 Å². The van der Waals surface area contributed by atoms with Gasteiger partial charge in [0.05, 0.1) is 18.1 Å². The first-order valence-electron chi connectivity index (χ1n) is 11.1. The number of nitrogens with zero attached hydrogens (tertiary/aromatic N) is 1. The molecule has 0 radical (unpaired) electrons. The van der Waals surface area contributed by atoms with Crippen molar-refractivity contribution >= 4 is 17.4 Å². The van der Waals surface area contributed by atoms with Crippen molar-refractivity contribution in [2.24, 2.45) is 0 Å². The molecule has 1 aliphatic heterocycles. The van der Waals surface area contributed by atoms with Gasteiger partial charge in [-0.15, -0.1) is 0 Å². The van der Waals surface area contributed by atoms with Crippen LogP contribution in [0.3, 0.4) is 0 Å². The Kier molecular flexibility index (Phi) is 6.28. The Morgan fingerprint density at radius 1 is 1.09 bits per heavy atom. The number of phenolic OH excluding ortho intramolecular Hbond substituents is 1. The zero-order valence-corrected chi connectivity index (χ0v) is 19.2. The van der Waals surface area contributed by atoms with E-state index in [4.69, 9.17) is 9.47 Å². The van der Waals surface area contributed by atoms with E-state index in [1.54, 1.807) is 0 Å². The maximum absolute atomic E-state index is 13.3. The van der Waals surface area contributed by atoms with Gasteiger partial charge in [0.15, 0.2) is 11.5 Å². The summed E-state index contributed by atoms with van der Waals surface area (Å²) in [5.41, 5.74) is 1.81. The van der Waals surface area contributed by atoms with Crippen LogP contribution >= 0.6 is 0 Å². The molecular formula is C25H26N2O7. The molecule has 0 aromatic heterocycles. The molecule has 178 valence electrons. The quantitative estimate of drug-likeness (QED) is 0.484. The molecule has 1 aliphatic carbocycles. The molecular weight excluding hydrogens is 440 g/mol. The number of rotatable bonds is 6. The highest BCUT2D eigenvalue weighted by molar-refractivity contribution is 6.02. The number of ketones is 1. The monoisotopic (exact) mass is 466 g/mol. The molecule has 2 aromatic rings. The topological polar surface area (TPSA) is 128 Å². The van der Waals surface area contributed by atoms with Crippen LogP contribution in [0.4, 0.5) is 5.69 Å². The molecule has 2 aliphatic rings. The standard InChI is InChI=1S/C25H26N2O7/c1-13(2)34-17-6-4-14(5-7-17)15-8-19-24(21(28)10-15)18(12-23(29)26-19)16-9-20(27(31)32)25(30)22(11-16)33-3/h4-7,9,11,13,15,18,30H,8,10,12H2,1-3H3,(H,26,29). The fourth-order valence-corrected chi connectivity index (χ4v) is 4.68. The highest BCUT2D eigenvalue weighted by atomic mass is 16.6. The van der Waals surface area contributed by atoms with E-state index in [9.17, 15) is 24.8 Å². The highest BCUT2D eigenvalue weighted by Gasteiger charge is 2.39. The predicted molar refractivity (Wildman–Crippen MR) is 123 cm³/mol. The number of phenols is 1. The molecule has 0 spiro atoms. The van der Waals surface area contributed by atoms with E-state index >= 15 is 0 Å². The zero-order valence-electron chi connectivity index (χ0n) is 19.2. The molecule has 4 rings (SSSR count). The minimum atomic E-state index is -0.717. The number of benzene rings is 2. The van der Waals surface area contributed by atoms with Gasteiger partial charge in [-0.3, -0.25) is 19.7 Å². The van der Waals surface area contributed by atoms with Crippen LogP contribution in [0.5, 0.6) is 17.2 Å². The smallest absolute Gasteiger partial charge is 0.314 e. The van der Waals surface area contributed by atoms with E-state index in [1.807, 2.05) is 38.1 Å². The molecule has 34 heavy (non-hydrogen) atoms. The van der Waals surface area contributed by atoms with Gasteiger partial charge >= 0.3 is 5.69 Å². The number of carbonyl (C=O) groups excluding carboxylic acids is 2. The van der Waals surface area contributed by atoms with Crippen molar-refractivity contribution in [3.05, 3.63) is 68.9 Å². The van der Waals surface area contributed by atoms with Crippen LogP contribution < -0.4 is 14.8 Å². The number of ether oxygens (including phenoxy) is 2. The fraction of sp³-hybridized carbons (Fsp3) is 0.360. The van der Waals surface area contributed by atoms with E-state index in [2.05, 4.69) is 5.32 Å².